The maximum atomic E-state index is 12.8. The fraction of sp³-hybridized carbons (Fsp3) is 0.333. The van der Waals surface area contributed by atoms with E-state index >= 15 is 0 Å². The number of hydrogen-bond acceptors (Lipinski definition) is 7. The van der Waals surface area contributed by atoms with Gasteiger partial charge in [0.25, 0.3) is 5.91 Å². The van der Waals surface area contributed by atoms with Crippen LogP contribution in [0.4, 0.5) is 0 Å². The first-order valence-electron chi connectivity index (χ1n) is 15.6. The summed E-state index contributed by atoms with van der Waals surface area (Å²) in [5.74, 6) is -0.414. The number of ether oxygens (including phenoxy) is 1. The Morgan fingerprint density at radius 2 is 1.41 bits per heavy atom. The molecule has 0 aliphatic heterocycles. The third-order valence-electron chi connectivity index (χ3n) is 7.68. The Morgan fingerprint density at radius 3 is 2.00 bits per heavy atom. The van der Waals surface area contributed by atoms with Crippen LogP contribution >= 0.6 is 0 Å². The molecule has 1 aromatic heterocycles. The first-order chi connectivity index (χ1) is 22.1. The van der Waals surface area contributed by atoms with Crippen LogP contribution in [0, 0.1) is 0 Å². The Labute approximate surface area is 271 Å². The molecule has 0 fully saturated rings. The number of aliphatic carboxylic acids is 1. The van der Waals surface area contributed by atoms with Crippen molar-refractivity contribution in [2.45, 2.75) is 75.5 Å². The lowest BCUT2D eigenvalue weighted by molar-refractivity contribution is -0.139. The molecule has 1 heterocycles. The van der Waals surface area contributed by atoms with Gasteiger partial charge in [0.15, 0.2) is 15.7 Å². The lowest BCUT2D eigenvalue weighted by Crippen LogP contribution is -2.42. The molecule has 3 aromatic carbocycles. The quantitative estimate of drug-likeness (QED) is 0.128. The van der Waals surface area contributed by atoms with Crippen LogP contribution in [0.25, 0.3) is 22.5 Å². The fourth-order valence-electron chi connectivity index (χ4n) is 4.80. The standard InChI is InChI=1S/C36H41N3O6S/c1-4-5-6-7-8-21-45-31-17-13-27(14-18-31)30-23-37-34(38-24-30)28-11-9-26(10-12-28)22-33(36(41)42)39-35(40)29-15-19-32(20-16-29)46(43,44)25(2)3/h9-20,23-25,33H,4-8,21-22H2,1-3H3,(H,39,40)(H,41,42)/t33-/m0/s1. The van der Waals surface area contributed by atoms with Crippen molar-refractivity contribution in [1.29, 1.82) is 0 Å². The highest BCUT2D eigenvalue weighted by molar-refractivity contribution is 7.92. The van der Waals surface area contributed by atoms with Gasteiger partial charge in [0.1, 0.15) is 11.8 Å². The predicted molar refractivity (Wildman–Crippen MR) is 179 cm³/mol. The number of nitrogens with one attached hydrogen (secondary N) is 1. The van der Waals surface area contributed by atoms with Gasteiger partial charge in [0.2, 0.25) is 0 Å². The van der Waals surface area contributed by atoms with Crippen LogP contribution in [0.5, 0.6) is 5.75 Å². The fourth-order valence-corrected chi connectivity index (χ4v) is 5.86. The van der Waals surface area contributed by atoms with E-state index in [1.165, 1.54) is 49.9 Å². The van der Waals surface area contributed by atoms with E-state index in [0.29, 0.717) is 18.0 Å². The van der Waals surface area contributed by atoms with Crippen molar-refractivity contribution in [1.82, 2.24) is 15.3 Å². The van der Waals surface area contributed by atoms with Crippen molar-refractivity contribution in [3.8, 4) is 28.3 Å². The molecule has 4 aromatic rings. The average molecular weight is 644 g/mol. The second-order valence-corrected chi connectivity index (χ2v) is 14.0. The lowest BCUT2D eigenvalue weighted by Gasteiger charge is -2.15. The minimum absolute atomic E-state index is 0.0551. The van der Waals surface area contributed by atoms with Crippen LogP contribution < -0.4 is 10.1 Å². The van der Waals surface area contributed by atoms with Gasteiger partial charge in [0.05, 0.1) is 16.8 Å². The molecule has 4 rings (SSSR count). The third-order valence-corrected chi connectivity index (χ3v) is 9.85. The van der Waals surface area contributed by atoms with E-state index in [4.69, 9.17) is 4.74 Å². The molecule has 242 valence electrons. The molecule has 1 amide bonds. The Morgan fingerprint density at radius 1 is 0.804 bits per heavy atom. The summed E-state index contributed by atoms with van der Waals surface area (Å²) < 4.78 is 30.5. The van der Waals surface area contributed by atoms with Crippen molar-refractivity contribution in [3.63, 3.8) is 0 Å². The van der Waals surface area contributed by atoms with E-state index in [0.717, 1.165) is 28.9 Å². The van der Waals surface area contributed by atoms with Crippen molar-refractivity contribution in [2.75, 3.05) is 6.61 Å². The van der Waals surface area contributed by atoms with Gasteiger partial charge in [-0.15, -0.1) is 0 Å². The Bertz CT molecular complexity index is 1690. The van der Waals surface area contributed by atoms with Gasteiger partial charge in [0, 0.05) is 35.5 Å². The third kappa shape index (κ3) is 9.23. The number of unbranched alkanes of at least 4 members (excludes halogenated alkanes) is 4. The molecular formula is C36H41N3O6S. The molecule has 0 radical (unpaired) electrons. The zero-order valence-electron chi connectivity index (χ0n) is 26.5. The summed E-state index contributed by atoms with van der Waals surface area (Å²) in [6, 6.07) is 19.4. The summed E-state index contributed by atoms with van der Waals surface area (Å²) in [6.07, 6.45) is 9.57. The van der Waals surface area contributed by atoms with Crippen LogP contribution in [0.15, 0.2) is 90.1 Å². The maximum Gasteiger partial charge on any atom is 0.326 e. The van der Waals surface area contributed by atoms with Gasteiger partial charge >= 0.3 is 5.97 Å². The van der Waals surface area contributed by atoms with Crippen molar-refractivity contribution < 1.29 is 27.9 Å². The number of benzene rings is 3. The maximum absolute atomic E-state index is 12.8. The van der Waals surface area contributed by atoms with E-state index in [2.05, 4.69) is 22.2 Å². The van der Waals surface area contributed by atoms with E-state index in [1.807, 2.05) is 36.4 Å². The molecule has 46 heavy (non-hydrogen) atoms. The Hall–Kier alpha value is -4.57. The van der Waals surface area contributed by atoms with Gasteiger partial charge < -0.3 is 15.2 Å². The molecule has 0 saturated heterocycles. The van der Waals surface area contributed by atoms with E-state index in [9.17, 15) is 23.1 Å². The molecule has 0 bridgehead atoms. The molecule has 1 atom stereocenters. The number of rotatable bonds is 16. The lowest BCUT2D eigenvalue weighted by atomic mass is 10.0. The summed E-state index contributed by atoms with van der Waals surface area (Å²) in [4.78, 5) is 33.9. The summed E-state index contributed by atoms with van der Waals surface area (Å²) in [6.45, 7) is 6.08. The predicted octanol–water partition coefficient (Wildman–Crippen LogP) is 6.77. The van der Waals surface area contributed by atoms with Crippen LogP contribution in [0.3, 0.4) is 0 Å². The average Bonchev–Trinajstić information content (AvgIpc) is 3.06. The van der Waals surface area contributed by atoms with Crippen LogP contribution in [-0.2, 0) is 21.1 Å². The molecule has 0 aliphatic rings. The molecular weight excluding hydrogens is 602 g/mol. The van der Waals surface area contributed by atoms with E-state index < -0.39 is 33.0 Å². The van der Waals surface area contributed by atoms with Gasteiger partial charge in [-0.1, -0.05) is 69.0 Å². The number of aromatic nitrogens is 2. The topological polar surface area (TPSA) is 136 Å². The molecule has 9 nitrogen and oxygen atoms in total. The minimum Gasteiger partial charge on any atom is -0.494 e. The van der Waals surface area contributed by atoms with Crippen LogP contribution in [0.2, 0.25) is 0 Å². The molecule has 0 aliphatic carbocycles. The van der Waals surface area contributed by atoms with Crippen molar-refractivity contribution >= 4 is 21.7 Å². The number of carbonyl (C=O) groups is 2. The summed E-state index contributed by atoms with van der Waals surface area (Å²) in [7, 11) is -3.48. The smallest absolute Gasteiger partial charge is 0.326 e. The van der Waals surface area contributed by atoms with E-state index in [-0.39, 0.29) is 16.9 Å². The second-order valence-electron chi connectivity index (χ2n) is 11.5. The number of amides is 1. The number of carboxylic acid groups (broad SMARTS) is 1. The van der Waals surface area contributed by atoms with Gasteiger partial charge in [-0.2, -0.15) is 0 Å². The molecule has 2 N–H and O–H groups in total. The number of nitrogens with zero attached hydrogens (tertiary/aromatic N) is 2. The Balaban J connectivity index is 1.33. The zero-order valence-corrected chi connectivity index (χ0v) is 27.3. The van der Waals surface area contributed by atoms with Gasteiger partial charge in [-0.3, -0.25) is 4.79 Å². The Kier molecular flexibility index (Phi) is 12.0. The van der Waals surface area contributed by atoms with E-state index in [1.54, 1.807) is 38.4 Å². The second kappa shape index (κ2) is 16.1. The highest BCUT2D eigenvalue weighted by atomic mass is 32.2. The molecule has 10 heteroatoms. The minimum atomic E-state index is -3.48. The van der Waals surface area contributed by atoms with Crippen LogP contribution in [0.1, 0.15) is 68.8 Å². The molecule has 0 spiro atoms. The number of hydrogen-bond donors (Lipinski definition) is 2. The molecule has 0 saturated carbocycles. The first kappa shape index (κ1) is 34.3. The highest BCUT2D eigenvalue weighted by Gasteiger charge is 2.23. The highest BCUT2D eigenvalue weighted by Crippen LogP contribution is 2.24. The zero-order chi connectivity index (χ0) is 33.1. The number of carbonyl (C=O) groups excluding carboxylic acids is 1. The van der Waals surface area contributed by atoms with Gasteiger partial charge in [-0.05, 0) is 67.8 Å². The normalized spacial score (nSPS) is 12.1. The monoisotopic (exact) mass is 643 g/mol. The number of sulfone groups is 1. The number of carboxylic acids is 1. The van der Waals surface area contributed by atoms with Crippen LogP contribution in [-0.4, -0.2) is 53.3 Å². The first-order valence-corrected chi connectivity index (χ1v) is 17.2. The van der Waals surface area contributed by atoms with Crippen molar-refractivity contribution in [3.05, 3.63) is 96.3 Å². The largest absolute Gasteiger partial charge is 0.494 e. The summed E-state index contributed by atoms with van der Waals surface area (Å²) in [5.41, 5.74) is 3.50. The van der Waals surface area contributed by atoms with Gasteiger partial charge in [-0.25, -0.2) is 23.2 Å². The van der Waals surface area contributed by atoms with Crippen molar-refractivity contribution in [2.24, 2.45) is 0 Å². The SMILES string of the molecule is CCCCCCCOc1ccc(-c2cnc(-c3ccc(C[C@H](NC(=O)c4ccc(S(=O)(=O)C(C)C)cc4)C(=O)O)cc3)nc2)cc1. The summed E-state index contributed by atoms with van der Waals surface area (Å²) >= 11 is 0. The summed E-state index contributed by atoms with van der Waals surface area (Å²) in [5, 5.41) is 11.7. The molecule has 0 unspecified atom stereocenters.